The smallest absolute Gasteiger partial charge is 0.233 e. The molecule has 4 nitrogen and oxygen atoms in total. The number of rotatable bonds is 3. The van der Waals surface area contributed by atoms with Crippen LogP contribution in [0.15, 0.2) is 34.9 Å². The third-order valence-electron chi connectivity index (χ3n) is 4.31. The first-order valence-electron chi connectivity index (χ1n) is 6.95. The first-order valence-corrected chi connectivity index (χ1v) is 8.10. The summed E-state index contributed by atoms with van der Waals surface area (Å²) >= 11 is 1.74. The van der Waals surface area contributed by atoms with E-state index in [1.54, 1.807) is 11.8 Å². The molecule has 2 aromatic rings. The van der Waals surface area contributed by atoms with E-state index >= 15 is 0 Å². The molecule has 2 atom stereocenters. The summed E-state index contributed by atoms with van der Waals surface area (Å²) in [5, 5.41) is 14.1. The largest absolute Gasteiger partial charge is 0.391 e. The van der Waals surface area contributed by atoms with Crippen LogP contribution in [0.4, 0.5) is 0 Å². The van der Waals surface area contributed by atoms with Gasteiger partial charge in [-0.1, -0.05) is 35.5 Å². The van der Waals surface area contributed by atoms with Gasteiger partial charge in [0.25, 0.3) is 0 Å². The van der Waals surface area contributed by atoms with E-state index in [9.17, 15) is 5.11 Å². The maximum atomic E-state index is 9.94. The molecular formula is C15H16N2O2S. The van der Waals surface area contributed by atoms with E-state index in [1.807, 2.05) is 18.2 Å². The lowest BCUT2D eigenvalue weighted by atomic mass is 9.95. The molecule has 0 amide bonds. The molecule has 2 heterocycles. The van der Waals surface area contributed by atoms with Crippen molar-refractivity contribution in [3.8, 4) is 0 Å². The summed E-state index contributed by atoms with van der Waals surface area (Å²) in [5.41, 5.74) is 1.20. The van der Waals surface area contributed by atoms with Gasteiger partial charge in [-0.05, 0) is 18.4 Å². The number of hydrogen-bond acceptors (Lipinski definition) is 5. The van der Waals surface area contributed by atoms with Crippen LogP contribution >= 0.6 is 11.8 Å². The third-order valence-corrected chi connectivity index (χ3v) is 5.49. The van der Waals surface area contributed by atoms with Gasteiger partial charge < -0.3 is 9.63 Å². The Kier molecular flexibility index (Phi) is 2.86. The Morgan fingerprint density at radius 3 is 2.65 bits per heavy atom. The van der Waals surface area contributed by atoms with Crippen LogP contribution in [-0.2, 0) is 5.41 Å². The van der Waals surface area contributed by atoms with Gasteiger partial charge in [0.1, 0.15) is 0 Å². The molecule has 5 heteroatoms. The number of benzene rings is 1. The Hall–Kier alpha value is -1.33. The molecule has 0 radical (unpaired) electrons. The average molecular weight is 288 g/mol. The molecule has 0 spiro atoms. The summed E-state index contributed by atoms with van der Waals surface area (Å²) in [6.07, 6.45) is 1.77. The number of aliphatic hydroxyl groups excluding tert-OH is 1. The number of thioether (sulfide) groups is 1. The quantitative estimate of drug-likeness (QED) is 0.939. The van der Waals surface area contributed by atoms with Gasteiger partial charge in [0.05, 0.1) is 17.4 Å². The van der Waals surface area contributed by atoms with Gasteiger partial charge in [-0.15, -0.1) is 0 Å². The van der Waals surface area contributed by atoms with Gasteiger partial charge in [-0.2, -0.15) is 16.7 Å². The minimum atomic E-state index is -0.361. The number of hydrogen-bond donors (Lipinski definition) is 1. The van der Waals surface area contributed by atoms with Crippen molar-refractivity contribution < 1.29 is 9.63 Å². The van der Waals surface area contributed by atoms with Gasteiger partial charge >= 0.3 is 0 Å². The lowest BCUT2D eigenvalue weighted by Crippen LogP contribution is -2.16. The maximum Gasteiger partial charge on any atom is 0.233 e. The van der Waals surface area contributed by atoms with Crippen LogP contribution in [0, 0.1) is 0 Å². The summed E-state index contributed by atoms with van der Waals surface area (Å²) in [5.74, 6) is 2.99. The molecule has 1 aliphatic heterocycles. The first kappa shape index (κ1) is 12.4. The van der Waals surface area contributed by atoms with Gasteiger partial charge in [-0.25, -0.2) is 0 Å². The van der Waals surface area contributed by atoms with Crippen LogP contribution in [0.25, 0.3) is 0 Å². The number of nitrogens with zero attached hydrogens (tertiary/aromatic N) is 2. The zero-order valence-corrected chi connectivity index (χ0v) is 11.8. The Morgan fingerprint density at radius 2 is 2.00 bits per heavy atom. The molecule has 1 saturated carbocycles. The first-order chi connectivity index (χ1) is 9.79. The van der Waals surface area contributed by atoms with Crippen LogP contribution in [0.1, 0.15) is 36.0 Å². The topological polar surface area (TPSA) is 59.2 Å². The monoisotopic (exact) mass is 288 g/mol. The highest BCUT2D eigenvalue weighted by molar-refractivity contribution is 7.99. The second-order valence-electron chi connectivity index (χ2n) is 5.62. The summed E-state index contributed by atoms with van der Waals surface area (Å²) in [4.78, 5) is 4.60. The fourth-order valence-corrected chi connectivity index (χ4v) is 4.11. The van der Waals surface area contributed by atoms with Crippen LogP contribution in [0.3, 0.4) is 0 Å². The van der Waals surface area contributed by atoms with Gasteiger partial charge in [0.2, 0.25) is 5.89 Å². The van der Waals surface area contributed by atoms with Crippen molar-refractivity contribution in [3.05, 3.63) is 47.6 Å². The second kappa shape index (κ2) is 4.60. The summed E-state index contributed by atoms with van der Waals surface area (Å²) < 4.78 is 5.43. The van der Waals surface area contributed by atoms with Crippen molar-refractivity contribution in [2.75, 3.05) is 11.5 Å². The number of aliphatic hydroxyl groups is 1. The standard InChI is InChI=1S/C15H16N2O2S/c18-12-9-20-8-11(12)13-16-14(17-19-13)15(6-7-15)10-4-2-1-3-5-10/h1-5,11-12,18H,6-9H2. The van der Waals surface area contributed by atoms with Crippen molar-refractivity contribution in [2.45, 2.75) is 30.3 Å². The van der Waals surface area contributed by atoms with E-state index in [0.717, 1.165) is 30.2 Å². The second-order valence-corrected chi connectivity index (χ2v) is 6.69. The zero-order chi connectivity index (χ0) is 13.6. The molecule has 2 fully saturated rings. The molecule has 1 aromatic carbocycles. The molecule has 20 heavy (non-hydrogen) atoms. The maximum absolute atomic E-state index is 9.94. The Balaban J connectivity index is 1.65. The molecular weight excluding hydrogens is 272 g/mol. The third kappa shape index (κ3) is 1.88. The van der Waals surface area contributed by atoms with Crippen LogP contribution in [0.2, 0.25) is 0 Å². The molecule has 104 valence electrons. The van der Waals surface area contributed by atoms with Crippen LogP contribution in [-0.4, -0.2) is 32.9 Å². The average Bonchev–Trinajstić information content (AvgIpc) is 2.94. The molecule has 1 N–H and O–H groups in total. The highest BCUT2D eigenvalue weighted by atomic mass is 32.2. The Labute approximate surface area is 121 Å². The summed E-state index contributed by atoms with van der Waals surface area (Å²) in [6, 6.07) is 10.4. The molecule has 1 saturated heterocycles. The van der Waals surface area contributed by atoms with Crippen LogP contribution < -0.4 is 0 Å². The molecule has 1 aromatic heterocycles. The predicted octanol–water partition coefficient (Wildman–Crippen LogP) is 2.34. The van der Waals surface area contributed by atoms with Crippen molar-refractivity contribution in [3.63, 3.8) is 0 Å². The zero-order valence-electron chi connectivity index (χ0n) is 11.0. The van der Waals surface area contributed by atoms with E-state index in [0.29, 0.717) is 5.89 Å². The fraction of sp³-hybridized carbons (Fsp3) is 0.467. The van der Waals surface area contributed by atoms with Crippen molar-refractivity contribution >= 4 is 11.8 Å². The summed E-state index contributed by atoms with van der Waals surface area (Å²) in [7, 11) is 0. The van der Waals surface area contributed by atoms with Crippen molar-refractivity contribution in [1.29, 1.82) is 0 Å². The van der Waals surface area contributed by atoms with Crippen molar-refractivity contribution in [2.24, 2.45) is 0 Å². The normalized spacial score (nSPS) is 27.6. The highest BCUT2D eigenvalue weighted by Gasteiger charge is 2.50. The minimum Gasteiger partial charge on any atom is -0.391 e. The van der Waals surface area contributed by atoms with E-state index in [2.05, 4.69) is 22.3 Å². The SMILES string of the molecule is OC1CSCC1c1nc(C2(c3ccccc3)CC2)no1. The van der Waals surface area contributed by atoms with Crippen molar-refractivity contribution in [1.82, 2.24) is 10.1 Å². The van der Waals surface area contributed by atoms with Gasteiger partial charge in [-0.3, -0.25) is 0 Å². The lowest BCUT2D eigenvalue weighted by molar-refractivity contribution is 0.164. The summed E-state index contributed by atoms with van der Waals surface area (Å²) in [6.45, 7) is 0. The molecule has 0 bridgehead atoms. The van der Waals surface area contributed by atoms with Gasteiger partial charge in [0.15, 0.2) is 5.82 Å². The molecule has 2 aliphatic rings. The molecule has 4 rings (SSSR count). The highest BCUT2D eigenvalue weighted by Crippen LogP contribution is 2.52. The fourth-order valence-electron chi connectivity index (χ4n) is 2.88. The predicted molar refractivity (Wildman–Crippen MR) is 76.8 cm³/mol. The lowest BCUT2D eigenvalue weighted by Gasteiger charge is -2.10. The van der Waals surface area contributed by atoms with E-state index < -0.39 is 0 Å². The Bertz CT molecular complexity index is 609. The number of aromatic nitrogens is 2. The Morgan fingerprint density at radius 1 is 1.20 bits per heavy atom. The van der Waals surface area contributed by atoms with Crippen LogP contribution in [0.5, 0.6) is 0 Å². The molecule has 2 unspecified atom stereocenters. The molecule has 1 aliphatic carbocycles. The minimum absolute atomic E-state index is 0.00665. The van der Waals surface area contributed by atoms with Gasteiger partial charge in [0, 0.05) is 11.5 Å². The van der Waals surface area contributed by atoms with E-state index in [-0.39, 0.29) is 17.4 Å². The van der Waals surface area contributed by atoms with E-state index in [1.165, 1.54) is 5.56 Å². The van der Waals surface area contributed by atoms with E-state index in [4.69, 9.17) is 4.52 Å².